The van der Waals surface area contributed by atoms with Crippen molar-refractivity contribution in [3.8, 4) is 6.07 Å². The van der Waals surface area contributed by atoms with Gasteiger partial charge in [0.2, 0.25) is 0 Å². The highest BCUT2D eigenvalue weighted by Gasteiger charge is 2.22. The lowest BCUT2D eigenvalue weighted by Gasteiger charge is -2.35. The normalized spacial score (nSPS) is 26.4. The van der Waals surface area contributed by atoms with Gasteiger partial charge in [0.1, 0.15) is 6.04 Å². The fourth-order valence-corrected chi connectivity index (χ4v) is 1.49. The molecule has 3 heteroatoms. The van der Waals surface area contributed by atoms with E-state index in [0.29, 0.717) is 0 Å². The zero-order chi connectivity index (χ0) is 9.68. The van der Waals surface area contributed by atoms with E-state index in [1.807, 2.05) is 14.0 Å². The highest BCUT2D eigenvalue weighted by Crippen LogP contribution is 2.06. The predicted molar refractivity (Wildman–Crippen MR) is 53.3 cm³/mol. The summed E-state index contributed by atoms with van der Waals surface area (Å²) in [6, 6.07) is 2.39. The predicted octanol–water partition coefficient (Wildman–Crippen LogP) is 0.702. The summed E-state index contributed by atoms with van der Waals surface area (Å²) in [5, 5.41) is 8.87. The van der Waals surface area contributed by atoms with Crippen LogP contribution in [0.5, 0.6) is 0 Å². The molecule has 0 saturated carbocycles. The zero-order valence-corrected chi connectivity index (χ0v) is 8.40. The maximum atomic E-state index is 8.87. The summed E-state index contributed by atoms with van der Waals surface area (Å²) < 4.78 is 0. The van der Waals surface area contributed by atoms with Crippen molar-refractivity contribution < 1.29 is 0 Å². The van der Waals surface area contributed by atoms with Gasteiger partial charge in [-0.1, -0.05) is 12.2 Å². The summed E-state index contributed by atoms with van der Waals surface area (Å²) in [6.07, 6.45) is 4.19. The molecule has 1 aliphatic heterocycles. The van der Waals surface area contributed by atoms with Gasteiger partial charge in [-0.15, -0.1) is 0 Å². The lowest BCUT2D eigenvalue weighted by molar-refractivity contribution is 0.133. The number of piperazine rings is 1. The number of hydrogen-bond donors (Lipinski definition) is 0. The summed E-state index contributed by atoms with van der Waals surface area (Å²) >= 11 is 0. The van der Waals surface area contributed by atoms with E-state index in [9.17, 15) is 0 Å². The Labute approximate surface area is 80.2 Å². The van der Waals surface area contributed by atoms with Crippen LogP contribution in [0.4, 0.5) is 0 Å². The Bertz CT molecular complexity index is 217. The van der Waals surface area contributed by atoms with Crippen molar-refractivity contribution in [2.24, 2.45) is 0 Å². The Kier molecular flexibility index (Phi) is 3.94. The molecule has 0 aromatic rings. The topological polar surface area (TPSA) is 30.3 Å². The molecule has 1 aliphatic rings. The van der Waals surface area contributed by atoms with Gasteiger partial charge in [-0.3, -0.25) is 9.80 Å². The first-order valence-corrected chi connectivity index (χ1v) is 4.71. The molecule has 0 aromatic heterocycles. The molecule has 1 heterocycles. The molecule has 0 amide bonds. The van der Waals surface area contributed by atoms with E-state index in [0.717, 1.165) is 26.2 Å². The summed E-state index contributed by atoms with van der Waals surface area (Å²) in [5.74, 6) is 0. The van der Waals surface area contributed by atoms with Crippen LogP contribution >= 0.6 is 0 Å². The second-order valence-electron chi connectivity index (χ2n) is 3.45. The fraction of sp³-hybridized carbons (Fsp3) is 0.700. The van der Waals surface area contributed by atoms with Crippen molar-refractivity contribution in [3.63, 3.8) is 0 Å². The van der Waals surface area contributed by atoms with Crippen molar-refractivity contribution in [1.82, 2.24) is 9.80 Å². The van der Waals surface area contributed by atoms with Crippen LogP contribution < -0.4 is 0 Å². The minimum absolute atomic E-state index is 0.0685. The van der Waals surface area contributed by atoms with Crippen LogP contribution in [0, 0.1) is 11.3 Å². The maximum Gasteiger partial charge on any atom is 0.110 e. The molecular weight excluding hydrogens is 162 g/mol. The SMILES string of the molecule is C/C=C/CN1CCN(C)C(C#N)C1. The Morgan fingerprint density at radius 3 is 2.92 bits per heavy atom. The molecule has 1 saturated heterocycles. The van der Waals surface area contributed by atoms with Crippen molar-refractivity contribution >= 4 is 0 Å². The molecule has 0 spiro atoms. The third-order valence-corrected chi connectivity index (χ3v) is 2.48. The van der Waals surface area contributed by atoms with E-state index in [-0.39, 0.29) is 6.04 Å². The van der Waals surface area contributed by atoms with Crippen LogP contribution in [0.1, 0.15) is 6.92 Å². The van der Waals surface area contributed by atoms with Crippen molar-refractivity contribution in [1.29, 1.82) is 5.26 Å². The molecule has 1 fully saturated rings. The Morgan fingerprint density at radius 1 is 1.54 bits per heavy atom. The largest absolute Gasteiger partial charge is 0.296 e. The second-order valence-corrected chi connectivity index (χ2v) is 3.45. The number of nitrogens with zero attached hydrogens (tertiary/aromatic N) is 3. The Balaban J connectivity index is 2.41. The average Bonchev–Trinajstić information content (AvgIpc) is 2.16. The molecule has 0 radical (unpaired) electrons. The van der Waals surface area contributed by atoms with E-state index in [1.165, 1.54) is 0 Å². The van der Waals surface area contributed by atoms with E-state index in [4.69, 9.17) is 5.26 Å². The van der Waals surface area contributed by atoms with Gasteiger partial charge >= 0.3 is 0 Å². The van der Waals surface area contributed by atoms with E-state index in [1.54, 1.807) is 0 Å². The van der Waals surface area contributed by atoms with Crippen molar-refractivity contribution in [2.45, 2.75) is 13.0 Å². The van der Waals surface area contributed by atoms with E-state index in [2.05, 4.69) is 28.0 Å². The van der Waals surface area contributed by atoms with Crippen molar-refractivity contribution in [2.75, 3.05) is 33.2 Å². The summed E-state index contributed by atoms with van der Waals surface area (Å²) in [7, 11) is 2.01. The summed E-state index contributed by atoms with van der Waals surface area (Å²) in [5.41, 5.74) is 0. The average molecular weight is 179 g/mol. The first-order chi connectivity index (χ1) is 6.27. The smallest absolute Gasteiger partial charge is 0.110 e. The van der Waals surface area contributed by atoms with Crippen LogP contribution in [0.2, 0.25) is 0 Å². The number of likely N-dealkylation sites (N-methyl/N-ethyl adjacent to an activating group) is 1. The van der Waals surface area contributed by atoms with Gasteiger partial charge in [0.05, 0.1) is 6.07 Å². The molecule has 1 unspecified atom stereocenters. The Morgan fingerprint density at radius 2 is 2.31 bits per heavy atom. The third-order valence-electron chi connectivity index (χ3n) is 2.48. The molecule has 0 aliphatic carbocycles. The van der Waals surface area contributed by atoms with E-state index >= 15 is 0 Å². The monoisotopic (exact) mass is 179 g/mol. The molecule has 3 nitrogen and oxygen atoms in total. The van der Waals surface area contributed by atoms with Gasteiger partial charge < -0.3 is 0 Å². The number of hydrogen-bond acceptors (Lipinski definition) is 3. The third kappa shape index (κ3) is 2.83. The second kappa shape index (κ2) is 5.00. The molecule has 1 rings (SSSR count). The number of allylic oxidation sites excluding steroid dienone is 1. The van der Waals surface area contributed by atoms with E-state index < -0.39 is 0 Å². The maximum absolute atomic E-state index is 8.87. The minimum atomic E-state index is 0.0685. The van der Waals surface area contributed by atoms with Gasteiger partial charge in [-0.25, -0.2) is 0 Å². The molecule has 0 aromatic carbocycles. The Hall–Kier alpha value is -0.850. The van der Waals surface area contributed by atoms with Gasteiger partial charge in [-0.2, -0.15) is 5.26 Å². The standard InChI is InChI=1S/C10H17N3/c1-3-4-5-13-7-6-12(2)10(8-11)9-13/h3-4,10H,5-7,9H2,1-2H3/b4-3+. The van der Waals surface area contributed by atoms with Crippen LogP contribution in [-0.2, 0) is 0 Å². The van der Waals surface area contributed by atoms with Crippen LogP contribution in [0.25, 0.3) is 0 Å². The van der Waals surface area contributed by atoms with Crippen LogP contribution in [-0.4, -0.2) is 49.1 Å². The van der Waals surface area contributed by atoms with Crippen molar-refractivity contribution in [3.05, 3.63) is 12.2 Å². The van der Waals surface area contributed by atoms with Crippen LogP contribution in [0.3, 0.4) is 0 Å². The van der Waals surface area contributed by atoms with Gasteiger partial charge in [0.25, 0.3) is 0 Å². The molecule has 13 heavy (non-hydrogen) atoms. The molecule has 1 atom stereocenters. The van der Waals surface area contributed by atoms with Gasteiger partial charge in [-0.05, 0) is 14.0 Å². The highest BCUT2D eigenvalue weighted by molar-refractivity contribution is 4.97. The van der Waals surface area contributed by atoms with Crippen LogP contribution in [0.15, 0.2) is 12.2 Å². The highest BCUT2D eigenvalue weighted by atomic mass is 15.3. The molecule has 0 N–H and O–H groups in total. The fourth-order valence-electron chi connectivity index (χ4n) is 1.49. The number of nitriles is 1. The number of rotatable bonds is 2. The lowest BCUT2D eigenvalue weighted by atomic mass is 10.2. The lowest BCUT2D eigenvalue weighted by Crippen LogP contribution is -2.50. The zero-order valence-electron chi connectivity index (χ0n) is 8.40. The molecule has 72 valence electrons. The first kappa shape index (κ1) is 10.2. The summed E-state index contributed by atoms with van der Waals surface area (Å²) in [4.78, 5) is 4.43. The molecule has 0 bridgehead atoms. The van der Waals surface area contributed by atoms with Gasteiger partial charge in [0, 0.05) is 26.2 Å². The minimum Gasteiger partial charge on any atom is -0.296 e. The first-order valence-electron chi connectivity index (χ1n) is 4.71. The summed E-state index contributed by atoms with van der Waals surface area (Å²) in [6.45, 7) is 5.94. The quantitative estimate of drug-likeness (QED) is 0.585. The van der Waals surface area contributed by atoms with Gasteiger partial charge in [0.15, 0.2) is 0 Å². The molecular formula is C10H17N3.